The molecule has 2 aliphatic rings. The maximum absolute atomic E-state index is 12.6. The molecule has 0 bridgehead atoms. The van der Waals surface area contributed by atoms with Crippen molar-refractivity contribution in [3.8, 4) is 0 Å². The van der Waals surface area contributed by atoms with Gasteiger partial charge < -0.3 is 5.32 Å². The van der Waals surface area contributed by atoms with E-state index in [1.54, 1.807) is 24.3 Å². The van der Waals surface area contributed by atoms with Gasteiger partial charge in [0.1, 0.15) is 0 Å². The van der Waals surface area contributed by atoms with Crippen LogP contribution in [-0.4, -0.2) is 49.6 Å². The van der Waals surface area contributed by atoms with Crippen molar-refractivity contribution in [1.29, 1.82) is 0 Å². The van der Waals surface area contributed by atoms with E-state index in [1.807, 2.05) is 0 Å². The minimum Gasteiger partial charge on any atom is -0.345 e. The first-order valence-corrected chi connectivity index (χ1v) is 11.3. The average Bonchev–Trinajstić information content (AvgIpc) is 3.55. The number of nitrogens with one attached hydrogen (secondary N) is 3. The second-order valence-corrected chi connectivity index (χ2v) is 9.30. The van der Waals surface area contributed by atoms with E-state index in [0.717, 1.165) is 37.7 Å². The Balaban J connectivity index is 1.44. The number of aryl methyl sites for hydroxylation is 1. The van der Waals surface area contributed by atoms with Crippen LogP contribution in [0.2, 0.25) is 0 Å². The molecular weight excluding hydrogens is 396 g/mol. The van der Waals surface area contributed by atoms with Gasteiger partial charge in [-0.15, -0.1) is 0 Å². The SMILES string of the molecule is O=C(CCc1ccc(S(=O)(=O)N2CCCCC2)cc1)NNC(=O)C(=O)NC1CC1. The first kappa shape index (κ1) is 21.3. The summed E-state index contributed by atoms with van der Waals surface area (Å²) in [5.74, 6) is -2.11. The van der Waals surface area contributed by atoms with Crippen LogP contribution in [-0.2, 0) is 30.8 Å². The van der Waals surface area contributed by atoms with E-state index in [9.17, 15) is 22.8 Å². The van der Waals surface area contributed by atoms with Crippen LogP contribution in [0, 0.1) is 0 Å². The number of hydrazine groups is 1. The number of benzene rings is 1. The predicted octanol–water partition coefficient (Wildman–Crippen LogP) is 0.220. The lowest BCUT2D eigenvalue weighted by atomic mass is 10.1. The monoisotopic (exact) mass is 422 g/mol. The van der Waals surface area contributed by atoms with Gasteiger partial charge in [-0.3, -0.25) is 25.2 Å². The van der Waals surface area contributed by atoms with Gasteiger partial charge in [-0.1, -0.05) is 18.6 Å². The lowest BCUT2D eigenvalue weighted by molar-refractivity contribution is -0.141. The summed E-state index contributed by atoms with van der Waals surface area (Å²) in [7, 11) is -3.47. The summed E-state index contributed by atoms with van der Waals surface area (Å²) in [4.78, 5) is 35.1. The van der Waals surface area contributed by atoms with Crippen LogP contribution in [0.15, 0.2) is 29.2 Å². The third-order valence-corrected chi connectivity index (χ3v) is 6.86. The molecule has 1 aromatic carbocycles. The molecule has 1 aromatic rings. The Hall–Kier alpha value is -2.46. The zero-order valence-corrected chi connectivity index (χ0v) is 17.0. The quantitative estimate of drug-likeness (QED) is 0.447. The van der Waals surface area contributed by atoms with Crippen LogP contribution in [0.3, 0.4) is 0 Å². The van der Waals surface area contributed by atoms with Gasteiger partial charge in [-0.25, -0.2) is 8.42 Å². The Bertz CT molecular complexity index is 859. The molecular formula is C19H26N4O5S. The topological polar surface area (TPSA) is 125 Å². The van der Waals surface area contributed by atoms with Crippen molar-refractivity contribution in [3.05, 3.63) is 29.8 Å². The van der Waals surface area contributed by atoms with E-state index in [2.05, 4.69) is 16.2 Å². The van der Waals surface area contributed by atoms with Crippen molar-refractivity contribution >= 4 is 27.7 Å². The van der Waals surface area contributed by atoms with Crippen LogP contribution in [0.4, 0.5) is 0 Å². The van der Waals surface area contributed by atoms with Crippen LogP contribution in [0.1, 0.15) is 44.1 Å². The fourth-order valence-electron chi connectivity index (χ4n) is 3.06. The van der Waals surface area contributed by atoms with Gasteiger partial charge in [-0.2, -0.15) is 4.31 Å². The zero-order valence-electron chi connectivity index (χ0n) is 16.1. The summed E-state index contributed by atoms with van der Waals surface area (Å²) in [5, 5.41) is 2.52. The van der Waals surface area contributed by atoms with Crippen LogP contribution < -0.4 is 16.2 Å². The maximum Gasteiger partial charge on any atom is 0.327 e. The molecule has 3 rings (SSSR count). The third kappa shape index (κ3) is 6.01. The molecule has 29 heavy (non-hydrogen) atoms. The highest BCUT2D eigenvalue weighted by atomic mass is 32.2. The number of hydrogen-bond acceptors (Lipinski definition) is 5. The second-order valence-electron chi connectivity index (χ2n) is 7.36. The summed E-state index contributed by atoms with van der Waals surface area (Å²) in [5.41, 5.74) is 5.09. The summed E-state index contributed by atoms with van der Waals surface area (Å²) in [6.45, 7) is 1.10. The van der Waals surface area contributed by atoms with Gasteiger partial charge in [0.05, 0.1) is 4.90 Å². The molecule has 3 N–H and O–H groups in total. The zero-order chi connectivity index (χ0) is 20.9. The molecule has 10 heteroatoms. The summed E-state index contributed by atoms with van der Waals surface area (Å²) in [6.07, 6.45) is 5.00. The molecule has 1 aliphatic carbocycles. The Morgan fingerprint density at radius 3 is 2.21 bits per heavy atom. The van der Waals surface area contributed by atoms with Crippen molar-refractivity contribution in [2.75, 3.05) is 13.1 Å². The highest BCUT2D eigenvalue weighted by molar-refractivity contribution is 7.89. The van der Waals surface area contributed by atoms with Gasteiger partial charge in [0, 0.05) is 25.6 Å². The van der Waals surface area contributed by atoms with E-state index in [4.69, 9.17) is 0 Å². The molecule has 0 spiro atoms. The summed E-state index contributed by atoms with van der Waals surface area (Å²) >= 11 is 0. The number of rotatable bonds is 6. The maximum atomic E-state index is 12.6. The smallest absolute Gasteiger partial charge is 0.327 e. The number of carbonyl (C=O) groups excluding carboxylic acids is 3. The van der Waals surface area contributed by atoms with E-state index in [-0.39, 0.29) is 17.4 Å². The third-order valence-electron chi connectivity index (χ3n) is 4.95. The number of amides is 3. The van der Waals surface area contributed by atoms with Gasteiger partial charge in [0.2, 0.25) is 15.9 Å². The predicted molar refractivity (Wildman–Crippen MR) is 105 cm³/mol. The molecule has 9 nitrogen and oxygen atoms in total. The van der Waals surface area contributed by atoms with Crippen molar-refractivity contribution in [3.63, 3.8) is 0 Å². The highest BCUT2D eigenvalue weighted by Crippen LogP contribution is 2.21. The normalized spacial score (nSPS) is 17.4. The van der Waals surface area contributed by atoms with Gasteiger partial charge in [-0.05, 0) is 49.8 Å². The Morgan fingerprint density at radius 1 is 0.931 bits per heavy atom. The van der Waals surface area contributed by atoms with E-state index >= 15 is 0 Å². The molecule has 0 atom stereocenters. The van der Waals surface area contributed by atoms with Crippen molar-refractivity contribution in [1.82, 2.24) is 20.5 Å². The molecule has 2 fully saturated rings. The number of piperidine rings is 1. The van der Waals surface area contributed by atoms with Gasteiger partial charge >= 0.3 is 11.8 Å². The summed E-state index contributed by atoms with van der Waals surface area (Å²) < 4.78 is 26.8. The minimum absolute atomic E-state index is 0.0608. The largest absolute Gasteiger partial charge is 0.345 e. The second kappa shape index (κ2) is 9.36. The van der Waals surface area contributed by atoms with Crippen LogP contribution in [0.25, 0.3) is 0 Å². The van der Waals surface area contributed by atoms with Crippen molar-refractivity contribution < 1.29 is 22.8 Å². The fourth-order valence-corrected chi connectivity index (χ4v) is 4.58. The number of hydrogen-bond donors (Lipinski definition) is 3. The first-order chi connectivity index (χ1) is 13.9. The van der Waals surface area contributed by atoms with Gasteiger partial charge in [0.25, 0.3) is 0 Å². The molecule has 0 unspecified atom stereocenters. The summed E-state index contributed by atoms with van der Waals surface area (Å²) in [6, 6.07) is 6.55. The number of nitrogens with zero attached hydrogens (tertiary/aromatic N) is 1. The van der Waals surface area contributed by atoms with E-state index < -0.39 is 27.7 Å². The van der Waals surface area contributed by atoms with Crippen LogP contribution >= 0.6 is 0 Å². The molecule has 1 saturated heterocycles. The lowest BCUT2D eigenvalue weighted by Gasteiger charge is -2.25. The Morgan fingerprint density at radius 2 is 1.59 bits per heavy atom. The van der Waals surface area contributed by atoms with Gasteiger partial charge in [0.15, 0.2) is 0 Å². The molecule has 1 aliphatic heterocycles. The fraction of sp³-hybridized carbons (Fsp3) is 0.526. The number of sulfonamides is 1. The van der Waals surface area contributed by atoms with Crippen molar-refractivity contribution in [2.24, 2.45) is 0 Å². The van der Waals surface area contributed by atoms with Crippen molar-refractivity contribution in [2.45, 2.75) is 55.9 Å². The first-order valence-electron chi connectivity index (χ1n) is 9.85. The van der Waals surface area contributed by atoms with E-state index in [0.29, 0.717) is 19.5 Å². The molecule has 158 valence electrons. The molecule has 1 saturated carbocycles. The minimum atomic E-state index is -3.47. The molecule has 1 heterocycles. The highest BCUT2D eigenvalue weighted by Gasteiger charge is 2.27. The Kier molecular flexibility index (Phi) is 6.86. The average molecular weight is 423 g/mol. The molecule has 0 radical (unpaired) electrons. The molecule has 0 aromatic heterocycles. The van der Waals surface area contributed by atoms with E-state index in [1.165, 1.54) is 4.31 Å². The number of carbonyl (C=O) groups is 3. The standard InChI is InChI=1S/C19H26N4O5S/c24-17(21-22-19(26)18(25)20-15-7-8-15)11-6-14-4-9-16(10-5-14)29(27,28)23-12-2-1-3-13-23/h4-5,9-10,15H,1-3,6-8,11-13H2,(H,20,25)(H,21,24)(H,22,26). The lowest BCUT2D eigenvalue weighted by Crippen LogP contribution is -2.49. The Labute approximate surface area is 170 Å². The molecule has 3 amide bonds. The van der Waals surface area contributed by atoms with Crippen LogP contribution in [0.5, 0.6) is 0 Å².